The molecule has 1 amide bonds. The highest BCUT2D eigenvalue weighted by atomic mass is 16.1. The van der Waals surface area contributed by atoms with Crippen molar-refractivity contribution < 1.29 is 9.59 Å². The van der Waals surface area contributed by atoms with Crippen molar-refractivity contribution in [3.8, 4) is 0 Å². The number of rotatable bonds is 6. The third-order valence-electron chi connectivity index (χ3n) is 7.53. The molecule has 146 valence electrons. The van der Waals surface area contributed by atoms with Crippen molar-refractivity contribution >= 4 is 11.7 Å². The Morgan fingerprint density at radius 3 is 1.89 bits per heavy atom. The average molecular weight is 368 g/mol. The fourth-order valence-electron chi connectivity index (χ4n) is 6.21. The third-order valence-corrected chi connectivity index (χ3v) is 7.53. The first-order valence-corrected chi connectivity index (χ1v) is 10.8. The topological polar surface area (TPSA) is 46.2 Å². The van der Waals surface area contributed by atoms with Gasteiger partial charge in [0.2, 0.25) is 0 Å². The Labute approximate surface area is 163 Å². The van der Waals surface area contributed by atoms with Gasteiger partial charge in [-0.25, -0.2) is 0 Å². The Balaban J connectivity index is 1.40. The van der Waals surface area contributed by atoms with Crippen LogP contribution in [0.5, 0.6) is 0 Å². The standard InChI is InChI=1S/C24H33NO2/c1-15(2)16(3)25-23(27)21-6-4-20(5-7-21)22(26)14-24-11-17-8-18(12-24)10-19(9-17)13-24/h4-7,15-19H,8-14H2,1-3H3,(H,25,27)/t16-,17?,18?,19?,24?/m0/s1. The van der Waals surface area contributed by atoms with E-state index >= 15 is 0 Å². The predicted molar refractivity (Wildman–Crippen MR) is 108 cm³/mol. The molecule has 4 aliphatic rings. The van der Waals surface area contributed by atoms with Gasteiger partial charge in [-0.05, 0) is 86.7 Å². The van der Waals surface area contributed by atoms with E-state index in [1.807, 2.05) is 19.1 Å². The molecule has 1 N–H and O–H groups in total. The predicted octanol–water partition coefficient (Wildman–Crippen LogP) is 5.25. The summed E-state index contributed by atoms with van der Waals surface area (Å²) in [6.07, 6.45) is 8.71. The van der Waals surface area contributed by atoms with E-state index in [1.165, 1.54) is 38.5 Å². The molecule has 0 saturated heterocycles. The summed E-state index contributed by atoms with van der Waals surface area (Å²) in [4.78, 5) is 25.3. The van der Waals surface area contributed by atoms with E-state index in [0.717, 1.165) is 23.3 Å². The molecule has 0 spiro atoms. The molecule has 1 aromatic rings. The minimum atomic E-state index is -0.0590. The molecule has 27 heavy (non-hydrogen) atoms. The van der Waals surface area contributed by atoms with Crippen molar-refractivity contribution in [3.63, 3.8) is 0 Å². The number of hydrogen-bond donors (Lipinski definition) is 1. The molecular weight excluding hydrogens is 334 g/mol. The lowest BCUT2D eigenvalue weighted by Crippen LogP contribution is -2.46. The number of amides is 1. The van der Waals surface area contributed by atoms with E-state index in [4.69, 9.17) is 0 Å². The van der Waals surface area contributed by atoms with Gasteiger partial charge in [0.1, 0.15) is 0 Å². The van der Waals surface area contributed by atoms with E-state index in [9.17, 15) is 9.59 Å². The molecule has 1 aromatic carbocycles. The molecule has 5 rings (SSSR count). The Hall–Kier alpha value is -1.64. The summed E-state index contributed by atoms with van der Waals surface area (Å²) in [7, 11) is 0. The fourth-order valence-corrected chi connectivity index (χ4v) is 6.21. The molecule has 4 saturated carbocycles. The monoisotopic (exact) mass is 367 g/mol. The van der Waals surface area contributed by atoms with Crippen LogP contribution in [0, 0.1) is 29.1 Å². The highest BCUT2D eigenvalue weighted by molar-refractivity contribution is 5.99. The van der Waals surface area contributed by atoms with Crippen LogP contribution in [0.25, 0.3) is 0 Å². The van der Waals surface area contributed by atoms with Crippen LogP contribution >= 0.6 is 0 Å². The SMILES string of the molecule is CC(C)[C@H](C)NC(=O)c1ccc(C(=O)CC23CC4CC(CC(C4)C2)C3)cc1. The Morgan fingerprint density at radius 2 is 1.41 bits per heavy atom. The quantitative estimate of drug-likeness (QED) is 0.698. The first-order valence-electron chi connectivity index (χ1n) is 10.8. The lowest BCUT2D eigenvalue weighted by Gasteiger charge is -2.56. The number of benzene rings is 1. The van der Waals surface area contributed by atoms with Crippen LogP contribution in [0.15, 0.2) is 24.3 Å². The third kappa shape index (κ3) is 3.83. The lowest BCUT2D eigenvalue weighted by molar-refractivity contribution is -0.0524. The molecule has 0 unspecified atom stereocenters. The fraction of sp³-hybridized carbons (Fsp3) is 0.667. The van der Waals surface area contributed by atoms with Crippen LogP contribution in [0.2, 0.25) is 0 Å². The van der Waals surface area contributed by atoms with Gasteiger partial charge < -0.3 is 5.32 Å². The number of nitrogens with one attached hydrogen (secondary N) is 1. The second-order valence-electron chi connectivity index (χ2n) is 10.1. The molecule has 0 aromatic heterocycles. The summed E-state index contributed by atoms with van der Waals surface area (Å²) in [5.41, 5.74) is 1.67. The maximum Gasteiger partial charge on any atom is 0.251 e. The maximum atomic E-state index is 13.0. The molecule has 0 radical (unpaired) electrons. The van der Waals surface area contributed by atoms with Crippen LogP contribution in [-0.4, -0.2) is 17.7 Å². The maximum absolute atomic E-state index is 13.0. The average Bonchev–Trinajstić information content (AvgIpc) is 2.60. The van der Waals surface area contributed by atoms with Crippen molar-refractivity contribution in [2.24, 2.45) is 29.1 Å². The molecule has 0 heterocycles. The van der Waals surface area contributed by atoms with E-state index < -0.39 is 0 Å². The van der Waals surface area contributed by atoms with Gasteiger partial charge in [-0.2, -0.15) is 0 Å². The molecule has 3 heteroatoms. The van der Waals surface area contributed by atoms with Gasteiger partial charge in [0, 0.05) is 23.6 Å². The molecular formula is C24H33NO2. The first-order chi connectivity index (χ1) is 12.8. The van der Waals surface area contributed by atoms with Crippen LogP contribution in [0.4, 0.5) is 0 Å². The summed E-state index contributed by atoms with van der Waals surface area (Å²) >= 11 is 0. The largest absolute Gasteiger partial charge is 0.349 e. The number of hydrogen-bond acceptors (Lipinski definition) is 2. The van der Waals surface area contributed by atoms with Gasteiger partial charge >= 0.3 is 0 Å². The molecule has 1 atom stereocenters. The normalized spacial score (nSPS) is 32.5. The first kappa shape index (κ1) is 18.7. The van der Waals surface area contributed by atoms with Crippen LogP contribution < -0.4 is 5.32 Å². The Morgan fingerprint density at radius 1 is 0.926 bits per heavy atom. The van der Waals surface area contributed by atoms with Gasteiger partial charge in [0.15, 0.2) is 5.78 Å². The number of carbonyl (C=O) groups is 2. The minimum Gasteiger partial charge on any atom is -0.349 e. The number of carbonyl (C=O) groups excluding carboxylic acids is 2. The second-order valence-corrected chi connectivity index (χ2v) is 10.1. The molecule has 3 nitrogen and oxygen atoms in total. The zero-order valence-corrected chi connectivity index (χ0v) is 17.0. The van der Waals surface area contributed by atoms with Crippen LogP contribution in [0.3, 0.4) is 0 Å². The summed E-state index contributed by atoms with van der Waals surface area (Å²) in [6.45, 7) is 6.21. The number of ketones is 1. The zero-order chi connectivity index (χ0) is 19.2. The second kappa shape index (κ2) is 7.07. The highest BCUT2D eigenvalue weighted by Crippen LogP contribution is 2.61. The van der Waals surface area contributed by atoms with Gasteiger partial charge in [-0.3, -0.25) is 9.59 Å². The number of Topliss-reactive ketones (excluding diaryl/α,β-unsaturated/α-hetero) is 1. The smallest absolute Gasteiger partial charge is 0.251 e. The molecule has 4 bridgehead atoms. The lowest BCUT2D eigenvalue weighted by atomic mass is 9.48. The van der Waals surface area contributed by atoms with E-state index in [-0.39, 0.29) is 23.1 Å². The Bertz CT molecular complexity index is 683. The van der Waals surface area contributed by atoms with Gasteiger partial charge in [0.25, 0.3) is 5.91 Å². The highest BCUT2D eigenvalue weighted by Gasteiger charge is 2.51. The van der Waals surface area contributed by atoms with Crippen molar-refractivity contribution in [2.45, 2.75) is 71.8 Å². The molecule has 0 aliphatic heterocycles. The van der Waals surface area contributed by atoms with Gasteiger partial charge in [0.05, 0.1) is 0 Å². The molecule has 4 fully saturated rings. The summed E-state index contributed by atoms with van der Waals surface area (Å²) in [5.74, 6) is 3.22. The van der Waals surface area contributed by atoms with Crippen molar-refractivity contribution in [3.05, 3.63) is 35.4 Å². The molecule has 4 aliphatic carbocycles. The summed E-state index contributed by atoms with van der Waals surface area (Å²) < 4.78 is 0. The summed E-state index contributed by atoms with van der Waals surface area (Å²) in [5, 5.41) is 3.02. The summed E-state index contributed by atoms with van der Waals surface area (Å²) in [6, 6.07) is 7.43. The van der Waals surface area contributed by atoms with E-state index in [2.05, 4.69) is 19.2 Å². The van der Waals surface area contributed by atoms with Crippen LogP contribution in [-0.2, 0) is 0 Å². The minimum absolute atomic E-state index is 0.0590. The van der Waals surface area contributed by atoms with Crippen molar-refractivity contribution in [1.82, 2.24) is 5.32 Å². The van der Waals surface area contributed by atoms with Crippen LogP contribution in [0.1, 0.15) is 86.4 Å². The van der Waals surface area contributed by atoms with Gasteiger partial charge in [-0.15, -0.1) is 0 Å². The van der Waals surface area contributed by atoms with Crippen molar-refractivity contribution in [1.29, 1.82) is 0 Å². The van der Waals surface area contributed by atoms with Crippen molar-refractivity contribution in [2.75, 3.05) is 0 Å². The van der Waals surface area contributed by atoms with Gasteiger partial charge in [-0.1, -0.05) is 26.0 Å². The Kier molecular flexibility index (Phi) is 4.90. The zero-order valence-electron chi connectivity index (χ0n) is 17.0. The van der Waals surface area contributed by atoms with E-state index in [0.29, 0.717) is 17.9 Å². The van der Waals surface area contributed by atoms with E-state index in [1.54, 1.807) is 12.1 Å².